The molecule has 0 unspecified atom stereocenters. The Morgan fingerprint density at radius 1 is 1.55 bits per heavy atom. The highest BCUT2D eigenvalue weighted by molar-refractivity contribution is 5.33. The van der Waals surface area contributed by atoms with E-state index in [-0.39, 0.29) is 5.82 Å². The van der Waals surface area contributed by atoms with Gasteiger partial charge in [-0.2, -0.15) is 0 Å². The van der Waals surface area contributed by atoms with Gasteiger partial charge >= 0.3 is 0 Å². The van der Waals surface area contributed by atoms with Crippen molar-refractivity contribution in [3.05, 3.63) is 29.6 Å². The summed E-state index contributed by atoms with van der Waals surface area (Å²) in [5, 5.41) is 3.19. The minimum Gasteiger partial charge on any atom is -0.357 e. The van der Waals surface area contributed by atoms with Crippen LogP contribution in [0, 0.1) is 12.7 Å². The van der Waals surface area contributed by atoms with Gasteiger partial charge in [-0.25, -0.2) is 4.39 Å². The first-order chi connectivity index (χ1) is 5.24. The summed E-state index contributed by atoms with van der Waals surface area (Å²) in [5.41, 5.74) is 0.832. The van der Waals surface area contributed by atoms with E-state index in [1.54, 1.807) is 13.0 Å². The quantitative estimate of drug-likeness (QED) is 0.471. The van der Waals surface area contributed by atoms with E-state index in [1.165, 1.54) is 12.1 Å². The van der Waals surface area contributed by atoms with Crippen LogP contribution in [0.5, 0.6) is 5.75 Å². The molecule has 0 radical (unpaired) electrons. The second-order valence-electron chi connectivity index (χ2n) is 2.13. The number of rotatable bonds is 2. The summed E-state index contributed by atoms with van der Waals surface area (Å²) in [7, 11) is 0. The molecule has 0 aliphatic carbocycles. The largest absolute Gasteiger partial charge is 0.357 e. The minimum atomic E-state index is -0.339. The zero-order chi connectivity index (χ0) is 8.27. The molecule has 0 saturated heterocycles. The number of benzene rings is 1. The number of nitrogens with zero attached hydrogens (tertiary/aromatic N) is 1. The van der Waals surface area contributed by atoms with Crippen molar-refractivity contribution in [2.45, 2.75) is 6.92 Å². The summed E-state index contributed by atoms with van der Waals surface area (Å²) in [4.78, 5) is 4.69. The van der Waals surface area contributed by atoms with E-state index in [0.29, 0.717) is 5.75 Å². The van der Waals surface area contributed by atoms with Crippen LogP contribution in [0.2, 0.25) is 0 Å². The lowest BCUT2D eigenvalue weighted by molar-refractivity contribution is 0.341. The summed E-state index contributed by atoms with van der Waals surface area (Å²) in [6.07, 6.45) is 0. The van der Waals surface area contributed by atoms with Gasteiger partial charge in [-0.05, 0) is 18.6 Å². The van der Waals surface area contributed by atoms with Crippen molar-refractivity contribution in [2.75, 3.05) is 0 Å². The maximum absolute atomic E-state index is 12.5. The Bertz CT molecular complexity index is 273. The molecule has 58 valence electrons. The lowest BCUT2D eigenvalue weighted by atomic mass is 10.2. The van der Waals surface area contributed by atoms with E-state index in [1.807, 2.05) is 0 Å². The Morgan fingerprint density at radius 3 is 2.91 bits per heavy atom. The van der Waals surface area contributed by atoms with E-state index in [4.69, 9.17) is 4.84 Å². The van der Waals surface area contributed by atoms with Gasteiger partial charge in [-0.15, -0.1) is 0 Å². The van der Waals surface area contributed by atoms with Crippen LogP contribution in [-0.4, -0.2) is 6.72 Å². The number of aryl methyl sites for hydroxylation is 1. The average Bonchev–Trinajstić information content (AvgIpc) is 1.98. The Labute approximate surface area is 64.3 Å². The maximum Gasteiger partial charge on any atom is 0.163 e. The normalized spacial score (nSPS) is 9.27. The molecule has 0 aromatic heterocycles. The third-order valence-electron chi connectivity index (χ3n) is 1.31. The predicted molar refractivity (Wildman–Crippen MR) is 41.3 cm³/mol. The molecule has 1 rings (SSSR count). The second-order valence-corrected chi connectivity index (χ2v) is 2.13. The van der Waals surface area contributed by atoms with Crippen LogP contribution >= 0.6 is 0 Å². The van der Waals surface area contributed by atoms with E-state index in [9.17, 15) is 4.39 Å². The lowest BCUT2D eigenvalue weighted by Gasteiger charge is -2.00. The molecular weight excluding hydrogens is 145 g/mol. The van der Waals surface area contributed by atoms with E-state index >= 15 is 0 Å². The second kappa shape index (κ2) is 3.14. The monoisotopic (exact) mass is 153 g/mol. The molecule has 3 heteroatoms. The number of hydrogen-bond donors (Lipinski definition) is 0. The van der Waals surface area contributed by atoms with Crippen LogP contribution < -0.4 is 4.84 Å². The van der Waals surface area contributed by atoms with Gasteiger partial charge in [0.05, 0.1) is 0 Å². The van der Waals surface area contributed by atoms with Gasteiger partial charge in [0.2, 0.25) is 0 Å². The van der Waals surface area contributed by atoms with E-state index < -0.39 is 0 Å². The maximum atomic E-state index is 12.5. The third-order valence-corrected chi connectivity index (χ3v) is 1.31. The highest BCUT2D eigenvalue weighted by Crippen LogP contribution is 2.18. The fourth-order valence-corrected chi connectivity index (χ4v) is 0.742. The first-order valence-electron chi connectivity index (χ1n) is 3.13. The summed E-state index contributed by atoms with van der Waals surface area (Å²) in [6, 6.07) is 4.26. The summed E-state index contributed by atoms with van der Waals surface area (Å²) in [5.74, 6) is 0.0641. The van der Waals surface area contributed by atoms with Gasteiger partial charge < -0.3 is 4.84 Å². The van der Waals surface area contributed by atoms with Gasteiger partial charge in [-0.3, -0.25) is 0 Å². The number of halogens is 1. The van der Waals surface area contributed by atoms with E-state index in [2.05, 4.69) is 11.9 Å². The number of oxime groups is 1. The van der Waals surface area contributed by atoms with Crippen molar-refractivity contribution in [1.82, 2.24) is 0 Å². The topological polar surface area (TPSA) is 21.6 Å². The van der Waals surface area contributed by atoms with Crippen molar-refractivity contribution < 1.29 is 9.23 Å². The van der Waals surface area contributed by atoms with Crippen LogP contribution in [0.25, 0.3) is 0 Å². The van der Waals surface area contributed by atoms with Crippen molar-refractivity contribution >= 4 is 6.72 Å². The van der Waals surface area contributed by atoms with Gasteiger partial charge in [0.15, 0.2) is 5.75 Å². The molecule has 2 nitrogen and oxygen atoms in total. The Morgan fingerprint density at radius 2 is 2.27 bits per heavy atom. The first kappa shape index (κ1) is 7.72. The van der Waals surface area contributed by atoms with Gasteiger partial charge in [-0.1, -0.05) is 11.2 Å². The molecule has 0 aliphatic heterocycles. The highest BCUT2D eigenvalue weighted by atomic mass is 19.1. The molecule has 1 aromatic carbocycles. The molecule has 0 heterocycles. The van der Waals surface area contributed by atoms with Crippen LogP contribution in [0.15, 0.2) is 23.4 Å². The minimum absolute atomic E-state index is 0.339. The zero-order valence-electron chi connectivity index (χ0n) is 6.17. The Kier molecular flexibility index (Phi) is 2.21. The highest BCUT2D eigenvalue weighted by Gasteiger charge is 1.99. The molecular formula is C8H8FNO. The zero-order valence-corrected chi connectivity index (χ0v) is 6.17. The average molecular weight is 153 g/mol. The van der Waals surface area contributed by atoms with Crippen molar-refractivity contribution in [3.63, 3.8) is 0 Å². The predicted octanol–water partition coefficient (Wildman–Crippen LogP) is 2.13. The van der Waals surface area contributed by atoms with Crippen LogP contribution in [0.3, 0.4) is 0 Å². The fraction of sp³-hybridized carbons (Fsp3) is 0.125. The fourth-order valence-electron chi connectivity index (χ4n) is 0.742. The summed E-state index contributed by atoms with van der Waals surface area (Å²) in [6.45, 7) is 4.94. The number of hydrogen-bond acceptors (Lipinski definition) is 2. The molecule has 1 aromatic rings. The lowest BCUT2D eigenvalue weighted by Crippen LogP contribution is -1.86. The molecule has 0 aliphatic rings. The molecule has 0 bridgehead atoms. The van der Waals surface area contributed by atoms with Gasteiger partial charge in [0.25, 0.3) is 0 Å². The van der Waals surface area contributed by atoms with E-state index in [0.717, 1.165) is 5.56 Å². The van der Waals surface area contributed by atoms with Gasteiger partial charge in [0, 0.05) is 12.8 Å². The molecule has 0 amide bonds. The summed E-state index contributed by atoms with van der Waals surface area (Å²) >= 11 is 0. The molecule has 11 heavy (non-hydrogen) atoms. The van der Waals surface area contributed by atoms with Gasteiger partial charge in [0.1, 0.15) is 5.82 Å². The standard InChI is InChI=1S/C8H8FNO/c1-6-3-4-7(9)5-8(6)11-10-2/h3-5H,2H2,1H3. The smallest absolute Gasteiger partial charge is 0.163 e. The SMILES string of the molecule is C=NOc1cc(F)ccc1C. The molecule has 0 atom stereocenters. The Hall–Kier alpha value is -1.38. The van der Waals surface area contributed by atoms with Crippen molar-refractivity contribution in [1.29, 1.82) is 0 Å². The molecule has 0 spiro atoms. The molecule has 0 saturated carbocycles. The van der Waals surface area contributed by atoms with Crippen LogP contribution in [0.1, 0.15) is 5.56 Å². The first-order valence-corrected chi connectivity index (χ1v) is 3.13. The Balaban J connectivity index is 3.01. The van der Waals surface area contributed by atoms with Crippen molar-refractivity contribution in [3.8, 4) is 5.75 Å². The molecule has 0 N–H and O–H groups in total. The van der Waals surface area contributed by atoms with Crippen LogP contribution in [0.4, 0.5) is 4.39 Å². The summed E-state index contributed by atoms with van der Waals surface area (Å²) < 4.78 is 12.5. The van der Waals surface area contributed by atoms with Crippen molar-refractivity contribution in [2.24, 2.45) is 5.16 Å². The van der Waals surface area contributed by atoms with Crippen LogP contribution in [-0.2, 0) is 0 Å². The molecule has 0 fully saturated rings. The third kappa shape index (κ3) is 1.77.